The van der Waals surface area contributed by atoms with Crippen LogP contribution in [0.3, 0.4) is 0 Å². The van der Waals surface area contributed by atoms with Crippen molar-refractivity contribution in [2.45, 2.75) is 0 Å². The molecule has 0 spiro atoms. The first-order chi connectivity index (χ1) is 15.0. The molecule has 8 nitrogen and oxygen atoms in total. The predicted molar refractivity (Wildman–Crippen MR) is 117 cm³/mol. The quantitative estimate of drug-likeness (QED) is 0.248. The van der Waals surface area contributed by atoms with Gasteiger partial charge in [0, 0.05) is 5.56 Å². The molecular weight excluding hydrogens is 420 g/mol. The number of esters is 1. The molecule has 0 aliphatic rings. The number of benzene rings is 2. The molecule has 160 valence electrons. The van der Waals surface area contributed by atoms with Crippen LogP contribution in [0.15, 0.2) is 59.0 Å². The second-order valence-electron chi connectivity index (χ2n) is 6.05. The Labute approximate surface area is 183 Å². The van der Waals surface area contributed by atoms with Crippen molar-refractivity contribution < 1.29 is 28.5 Å². The van der Waals surface area contributed by atoms with Crippen molar-refractivity contribution in [1.29, 1.82) is 0 Å². The van der Waals surface area contributed by atoms with E-state index in [9.17, 15) is 9.59 Å². The van der Waals surface area contributed by atoms with E-state index in [-0.39, 0.29) is 0 Å². The number of nitrogens with one attached hydrogen (secondary N) is 1. The second-order valence-corrected chi connectivity index (χ2v) is 7.00. The van der Waals surface area contributed by atoms with Crippen molar-refractivity contribution in [2.75, 3.05) is 21.3 Å². The van der Waals surface area contributed by atoms with E-state index in [2.05, 4.69) is 10.5 Å². The average molecular weight is 440 g/mol. The predicted octanol–water partition coefficient (Wildman–Crippen LogP) is 3.76. The van der Waals surface area contributed by atoms with Crippen molar-refractivity contribution in [1.82, 2.24) is 5.43 Å². The van der Waals surface area contributed by atoms with Gasteiger partial charge in [0.2, 0.25) is 5.75 Å². The summed E-state index contributed by atoms with van der Waals surface area (Å²) in [6.45, 7) is 0. The van der Waals surface area contributed by atoms with E-state index in [0.29, 0.717) is 39.0 Å². The average Bonchev–Trinajstić information content (AvgIpc) is 3.34. The number of methoxy groups -OCH3 is 3. The van der Waals surface area contributed by atoms with E-state index >= 15 is 0 Å². The molecule has 0 bridgehead atoms. The number of thiophene rings is 1. The summed E-state index contributed by atoms with van der Waals surface area (Å²) in [5.74, 6) is 0.681. The van der Waals surface area contributed by atoms with Gasteiger partial charge in [-0.05, 0) is 53.4 Å². The minimum Gasteiger partial charge on any atom is -0.493 e. The molecule has 0 radical (unpaired) electrons. The first kappa shape index (κ1) is 21.8. The number of carbonyl (C=O) groups excluding carboxylic acids is 2. The summed E-state index contributed by atoms with van der Waals surface area (Å²) >= 11 is 1.31. The minimum absolute atomic E-state index is 0.294. The van der Waals surface area contributed by atoms with Crippen LogP contribution in [0.5, 0.6) is 23.0 Å². The van der Waals surface area contributed by atoms with Crippen LogP contribution in [0.25, 0.3) is 0 Å². The monoisotopic (exact) mass is 440 g/mol. The first-order valence-electron chi connectivity index (χ1n) is 9.05. The van der Waals surface area contributed by atoms with E-state index in [1.165, 1.54) is 51.0 Å². The lowest BCUT2D eigenvalue weighted by atomic mass is 10.1. The molecule has 1 aromatic heterocycles. The molecule has 31 heavy (non-hydrogen) atoms. The van der Waals surface area contributed by atoms with Crippen molar-refractivity contribution in [3.63, 3.8) is 0 Å². The molecule has 3 rings (SSSR count). The van der Waals surface area contributed by atoms with E-state index < -0.39 is 11.9 Å². The van der Waals surface area contributed by atoms with Gasteiger partial charge >= 0.3 is 5.97 Å². The molecule has 0 aliphatic heterocycles. The summed E-state index contributed by atoms with van der Waals surface area (Å²) in [6.07, 6.45) is 1.47. The van der Waals surface area contributed by atoms with Gasteiger partial charge in [0.15, 0.2) is 11.5 Å². The highest BCUT2D eigenvalue weighted by Crippen LogP contribution is 2.38. The fourth-order valence-electron chi connectivity index (χ4n) is 2.62. The molecule has 1 amide bonds. The van der Waals surface area contributed by atoms with Crippen LogP contribution in [0, 0.1) is 0 Å². The largest absolute Gasteiger partial charge is 0.493 e. The topological polar surface area (TPSA) is 95.5 Å². The molecule has 2 aromatic carbocycles. The molecule has 0 aliphatic carbocycles. The maximum atomic E-state index is 12.4. The fourth-order valence-corrected chi connectivity index (χ4v) is 3.21. The zero-order chi connectivity index (χ0) is 22.2. The number of carbonyl (C=O) groups is 2. The summed E-state index contributed by atoms with van der Waals surface area (Å²) in [7, 11) is 4.43. The van der Waals surface area contributed by atoms with Crippen LogP contribution in [-0.2, 0) is 0 Å². The number of hydrazone groups is 1. The molecule has 0 saturated carbocycles. The smallest absolute Gasteiger partial charge is 0.353 e. The summed E-state index contributed by atoms with van der Waals surface area (Å²) < 4.78 is 21.0. The van der Waals surface area contributed by atoms with Crippen molar-refractivity contribution in [3.05, 3.63) is 69.9 Å². The van der Waals surface area contributed by atoms with Crippen molar-refractivity contribution in [3.8, 4) is 23.0 Å². The van der Waals surface area contributed by atoms with Gasteiger partial charge in [0.05, 0.1) is 27.5 Å². The molecule has 0 atom stereocenters. The molecule has 3 aromatic rings. The van der Waals surface area contributed by atoms with Gasteiger partial charge in [-0.25, -0.2) is 10.2 Å². The Bertz CT molecular complexity index is 1050. The number of rotatable bonds is 8. The molecular formula is C22H20N2O6S. The molecule has 1 N–H and O–H groups in total. The second kappa shape index (κ2) is 10.3. The maximum absolute atomic E-state index is 12.4. The molecule has 0 unspecified atom stereocenters. The van der Waals surface area contributed by atoms with Gasteiger partial charge in [0.25, 0.3) is 5.91 Å². The van der Waals surface area contributed by atoms with Crippen LogP contribution in [0.4, 0.5) is 0 Å². The van der Waals surface area contributed by atoms with Gasteiger partial charge < -0.3 is 18.9 Å². The van der Waals surface area contributed by atoms with Gasteiger partial charge in [-0.3, -0.25) is 4.79 Å². The summed E-state index contributed by atoms with van der Waals surface area (Å²) in [4.78, 5) is 24.9. The van der Waals surface area contributed by atoms with Crippen LogP contribution < -0.4 is 24.4 Å². The lowest BCUT2D eigenvalue weighted by molar-refractivity contribution is 0.0739. The molecule has 1 heterocycles. The third-order valence-corrected chi connectivity index (χ3v) is 4.97. The Balaban J connectivity index is 1.62. The number of nitrogens with zero attached hydrogens (tertiary/aromatic N) is 1. The Morgan fingerprint density at radius 1 is 0.968 bits per heavy atom. The Morgan fingerprint density at radius 2 is 1.65 bits per heavy atom. The highest BCUT2D eigenvalue weighted by Gasteiger charge is 2.16. The normalized spacial score (nSPS) is 10.5. The molecule has 0 fully saturated rings. The Morgan fingerprint density at radius 3 is 2.19 bits per heavy atom. The standard InChI is InChI=1S/C22H20N2O6S/c1-27-17-11-15(12-18(28-2)20(17)29-3)21(25)24-23-13-14-6-8-16(9-7-14)30-22(26)19-5-4-10-31-19/h4-13H,1-3H3,(H,24,25). The van der Waals surface area contributed by atoms with Gasteiger partial charge in [-0.1, -0.05) is 6.07 Å². The first-order valence-corrected chi connectivity index (χ1v) is 9.92. The zero-order valence-corrected chi connectivity index (χ0v) is 17.9. The Kier molecular flexibility index (Phi) is 7.23. The van der Waals surface area contributed by atoms with E-state index in [1.54, 1.807) is 36.4 Å². The lowest BCUT2D eigenvalue weighted by Crippen LogP contribution is -2.18. The van der Waals surface area contributed by atoms with Gasteiger partial charge in [-0.15, -0.1) is 11.3 Å². The van der Waals surface area contributed by atoms with Crippen molar-refractivity contribution in [2.24, 2.45) is 5.10 Å². The number of amides is 1. The van der Waals surface area contributed by atoms with E-state index in [4.69, 9.17) is 18.9 Å². The third-order valence-electron chi connectivity index (χ3n) is 4.12. The van der Waals surface area contributed by atoms with Gasteiger partial charge in [-0.2, -0.15) is 5.10 Å². The highest BCUT2D eigenvalue weighted by atomic mass is 32.1. The van der Waals surface area contributed by atoms with Crippen LogP contribution in [0.2, 0.25) is 0 Å². The SMILES string of the molecule is COc1cc(C(=O)NN=Cc2ccc(OC(=O)c3cccs3)cc2)cc(OC)c1OC. The van der Waals surface area contributed by atoms with Crippen LogP contribution in [-0.4, -0.2) is 39.4 Å². The third kappa shape index (κ3) is 5.40. The molecule has 0 saturated heterocycles. The van der Waals surface area contributed by atoms with E-state index in [0.717, 1.165) is 0 Å². The summed E-state index contributed by atoms with van der Waals surface area (Å²) in [5.41, 5.74) is 3.45. The van der Waals surface area contributed by atoms with Crippen LogP contribution >= 0.6 is 11.3 Å². The zero-order valence-electron chi connectivity index (χ0n) is 17.1. The number of ether oxygens (including phenoxy) is 4. The maximum Gasteiger partial charge on any atom is 0.353 e. The van der Waals surface area contributed by atoms with Crippen LogP contribution in [0.1, 0.15) is 25.6 Å². The van der Waals surface area contributed by atoms with Gasteiger partial charge in [0.1, 0.15) is 10.6 Å². The lowest BCUT2D eigenvalue weighted by Gasteiger charge is -2.13. The minimum atomic E-state index is -0.447. The Hall–Kier alpha value is -3.85. The summed E-state index contributed by atoms with van der Waals surface area (Å²) in [6, 6.07) is 13.3. The van der Waals surface area contributed by atoms with E-state index in [1.807, 2.05) is 5.38 Å². The highest BCUT2D eigenvalue weighted by molar-refractivity contribution is 7.12. The molecule has 9 heteroatoms. The number of hydrogen-bond acceptors (Lipinski definition) is 8. The summed E-state index contributed by atoms with van der Waals surface area (Å²) in [5, 5.41) is 5.77. The number of hydrogen-bond donors (Lipinski definition) is 1. The van der Waals surface area contributed by atoms with Crippen molar-refractivity contribution >= 4 is 29.4 Å². The fraction of sp³-hybridized carbons (Fsp3) is 0.136.